The first-order valence-corrected chi connectivity index (χ1v) is 8.71. The van der Waals surface area contributed by atoms with Gasteiger partial charge in [-0.1, -0.05) is 23.2 Å². The van der Waals surface area contributed by atoms with Crippen molar-refractivity contribution < 1.29 is 9.59 Å². The van der Waals surface area contributed by atoms with E-state index in [4.69, 9.17) is 11.6 Å². The van der Waals surface area contributed by atoms with Gasteiger partial charge in [-0.05, 0) is 31.2 Å². The van der Waals surface area contributed by atoms with Gasteiger partial charge in [0.25, 0.3) is 5.91 Å². The number of amides is 3. The molecule has 136 valence electrons. The Morgan fingerprint density at radius 1 is 1.15 bits per heavy atom. The molecule has 1 aromatic carbocycles. The van der Waals surface area contributed by atoms with Gasteiger partial charge < -0.3 is 20.9 Å². The van der Waals surface area contributed by atoms with Gasteiger partial charge in [0.2, 0.25) is 0 Å². The summed E-state index contributed by atoms with van der Waals surface area (Å²) in [6, 6.07) is 8.37. The number of nitrogens with one attached hydrogen (secondary N) is 3. The first kappa shape index (κ1) is 18.2. The predicted molar refractivity (Wildman–Crippen MR) is 102 cm³/mol. The number of urea groups is 1. The van der Waals surface area contributed by atoms with Crippen LogP contribution in [0.15, 0.2) is 36.5 Å². The van der Waals surface area contributed by atoms with E-state index in [-0.39, 0.29) is 11.9 Å². The molecular weight excluding hydrogens is 354 g/mol. The second kappa shape index (κ2) is 8.16. The number of carbonyl (C=O) groups is 2. The fourth-order valence-electron chi connectivity index (χ4n) is 2.65. The van der Waals surface area contributed by atoms with Crippen molar-refractivity contribution in [3.8, 4) is 0 Å². The number of benzene rings is 1. The monoisotopic (exact) mass is 373 g/mol. The normalized spacial score (nSPS) is 14.0. The summed E-state index contributed by atoms with van der Waals surface area (Å²) in [6.45, 7) is 4.68. The highest BCUT2D eigenvalue weighted by Gasteiger charge is 2.19. The van der Waals surface area contributed by atoms with Crippen LogP contribution in [0.4, 0.5) is 16.3 Å². The largest absolute Gasteiger partial charge is 0.322 e. The molecule has 0 spiro atoms. The number of hydrogen-bond donors (Lipinski definition) is 3. The van der Waals surface area contributed by atoms with Crippen LogP contribution in [0.3, 0.4) is 0 Å². The lowest BCUT2D eigenvalue weighted by atomic mass is 10.1. The quantitative estimate of drug-likeness (QED) is 0.772. The number of pyridine rings is 1. The molecule has 3 N–H and O–H groups in total. The number of piperazine rings is 1. The fraction of sp³-hybridized carbons (Fsp3) is 0.278. The topological polar surface area (TPSA) is 86.4 Å². The molecule has 1 aromatic heterocycles. The van der Waals surface area contributed by atoms with Crippen LogP contribution in [0.2, 0.25) is 5.02 Å². The molecule has 0 aliphatic carbocycles. The maximum absolute atomic E-state index is 12.7. The molecule has 2 heterocycles. The Balaban J connectivity index is 1.77. The van der Waals surface area contributed by atoms with Crippen molar-refractivity contribution in [2.45, 2.75) is 6.92 Å². The van der Waals surface area contributed by atoms with Crippen molar-refractivity contribution >= 4 is 35.0 Å². The molecule has 0 atom stereocenters. The molecule has 8 heteroatoms. The van der Waals surface area contributed by atoms with Gasteiger partial charge in [0.1, 0.15) is 5.82 Å². The van der Waals surface area contributed by atoms with Gasteiger partial charge in [-0.25, -0.2) is 9.78 Å². The van der Waals surface area contributed by atoms with Gasteiger partial charge >= 0.3 is 6.03 Å². The van der Waals surface area contributed by atoms with Gasteiger partial charge in [-0.2, -0.15) is 0 Å². The van der Waals surface area contributed by atoms with Crippen LogP contribution in [0.25, 0.3) is 0 Å². The summed E-state index contributed by atoms with van der Waals surface area (Å²) in [4.78, 5) is 30.9. The van der Waals surface area contributed by atoms with E-state index in [1.54, 1.807) is 29.2 Å². The Morgan fingerprint density at radius 3 is 2.62 bits per heavy atom. The highest BCUT2D eigenvalue weighted by Crippen LogP contribution is 2.20. The Morgan fingerprint density at radius 2 is 1.92 bits per heavy atom. The van der Waals surface area contributed by atoms with E-state index in [1.165, 1.54) is 6.20 Å². The molecule has 1 saturated heterocycles. The molecule has 0 saturated carbocycles. The third kappa shape index (κ3) is 4.50. The summed E-state index contributed by atoms with van der Waals surface area (Å²) in [5.41, 5.74) is 1.76. The molecule has 0 bridgehead atoms. The van der Waals surface area contributed by atoms with E-state index in [0.717, 1.165) is 18.7 Å². The Bertz CT molecular complexity index is 804. The second-order valence-corrected chi connectivity index (χ2v) is 6.47. The molecule has 1 aliphatic heterocycles. The van der Waals surface area contributed by atoms with Crippen LogP contribution in [0.1, 0.15) is 15.9 Å². The lowest BCUT2D eigenvalue weighted by Gasteiger charge is -2.27. The number of hydrogen-bond acceptors (Lipinski definition) is 4. The van der Waals surface area contributed by atoms with E-state index in [2.05, 4.69) is 20.9 Å². The number of anilines is 2. The predicted octanol–water partition coefficient (Wildman–Crippen LogP) is 2.73. The zero-order valence-corrected chi connectivity index (χ0v) is 15.1. The summed E-state index contributed by atoms with van der Waals surface area (Å²) in [7, 11) is 0. The molecule has 26 heavy (non-hydrogen) atoms. The molecule has 2 aromatic rings. The number of halogens is 1. The van der Waals surface area contributed by atoms with Crippen molar-refractivity contribution in [2.24, 2.45) is 0 Å². The van der Waals surface area contributed by atoms with Crippen LogP contribution < -0.4 is 16.0 Å². The SMILES string of the molecule is Cc1ccc(NC(=O)N2CCNCC2)c(C(=O)Nc2ccc(Cl)cn2)c1. The second-order valence-electron chi connectivity index (χ2n) is 6.03. The first-order valence-electron chi connectivity index (χ1n) is 8.33. The molecular formula is C18H20ClN5O2. The van der Waals surface area contributed by atoms with E-state index < -0.39 is 0 Å². The van der Waals surface area contributed by atoms with Crippen molar-refractivity contribution in [2.75, 3.05) is 36.8 Å². The minimum absolute atomic E-state index is 0.214. The Labute approximate surface area is 156 Å². The minimum Gasteiger partial charge on any atom is -0.322 e. The number of aromatic nitrogens is 1. The molecule has 0 radical (unpaired) electrons. The Hall–Kier alpha value is -2.64. The van der Waals surface area contributed by atoms with Gasteiger partial charge in [0.05, 0.1) is 16.3 Å². The van der Waals surface area contributed by atoms with E-state index in [9.17, 15) is 9.59 Å². The highest BCUT2D eigenvalue weighted by atomic mass is 35.5. The van der Waals surface area contributed by atoms with E-state index in [0.29, 0.717) is 35.2 Å². The smallest absolute Gasteiger partial charge is 0.321 e. The summed E-state index contributed by atoms with van der Waals surface area (Å²) in [6.07, 6.45) is 1.46. The zero-order chi connectivity index (χ0) is 18.5. The molecule has 0 unspecified atom stereocenters. The third-order valence-electron chi connectivity index (χ3n) is 4.03. The van der Waals surface area contributed by atoms with Gasteiger partial charge in [0, 0.05) is 32.4 Å². The summed E-state index contributed by atoms with van der Waals surface area (Å²) < 4.78 is 0. The average Bonchev–Trinajstić information content (AvgIpc) is 2.65. The maximum Gasteiger partial charge on any atom is 0.321 e. The highest BCUT2D eigenvalue weighted by molar-refractivity contribution is 6.30. The average molecular weight is 374 g/mol. The van der Waals surface area contributed by atoms with Crippen molar-refractivity contribution in [1.82, 2.24) is 15.2 Å². The lowest BCUT2D eigenvalue weighted by molar-refractivity contribution is 0.102. The molecule has 1 aliphatic rings. The third-order valence-corrected chi connectivity index (χ3v) is 4.26. The van der Waals surface area contributed by atoms with Crippen LogP contribution >= 0.6 is 11.6 Å². The molecule has 3 rings (SSSR count). The van der Waals surface area contributed by atoms with Crippen molar-refractivity contribution in [1.29, 1.82) is 0 Å². The summed E-state index contributed by atoms with van der Waals surface area (Å²) >= 11 is 5.81. The van der Waals surface area contributed by atoms with E-state index in [1.807, 2.05) is 13.0 Å². The standard InChI is InChI=1S/C18H20ClN5O2/c1-12-2-4-15(22-18(26)24-8-6-20-7-9-24)14(10-12)17(25)23-16-5-3-13(19)11-21-16/h2-5,10-11,20H,6-9H2,1H3,(H,22,26)(H,21,23,25). The van der Waals surface area contributed by atoms with Crippen LogP contribution in [-0.4, -0.2) is 48.0 Å². The summed E-state index contributed by atoms with van der Waals surface area (Å²) in [5, 5.41) is 9.25. The first-order chi connectivity index (χ1) is 12.5. The molecule has 3 amide bonds. The number of aryl methyl sites for hydroxylation is 1. The zero-order valence-electron chi connectivity index (χ0n) is 14.4. The van der Waals surface area contributed by atoms with Crippen LogP contribution in [-0.2, 0) is 0 Å². The van der Waals surface area contributed by atoms with Gasteiger partial charge in [-0.3, -0.25) is 4.79 Å². The minimum atomic E-state index is -0.348. The van der Waals surface area contributed by atoms with Crippen molar-refractivity contribution in [3.63, 3.8) is 0 Å². The lowest BCUT2D eigenvalue weighted by Crippen LogP contribution is -2.48. The number of rotatable bonds is 3. The van der Waals surface area contributed by atoms with Crippen molar-refractivity contribution in [3.05, 3.63) is 52.7 Å². The Kier molecular flexibility index (Phi) is 5.70. The fourth-order valence-corrected chi connectivity index (χ4v) is 2.76. The number of carbonyl (C=O) groups excluding carboxylic acids is 2. The number of nitrogens with zero attached hydrogens (tertiary/aromatic N) is 2. The maximum atomic E-state index is 12.7. The van der Waals surface area contributed by atoms with Crippen LogP contribution in [0, 0.1) is 6.92 Å². The van der Waals surface area contributed by atoms with Gasteiger partial charge in [0.15, 0.2) is 0 Å². The van der Waals surface area contributed by atoms with Gasteiger partial charge in [-0.15, -0.1) is 0 Å². The van der Waals surface area contributed by atoms with Crippen LogP contribution in [0.5, 0.6) is 0 Å². The molecule has 7 nitrogen and oxygen atoms in total. The van der Waals surface area contributed by atoms with E-state index >= 15 is 0 Å². The summed E-state index contributed by atoms with van der Waals surface area (Å²) in [5.74, 6) is 0.0411. The molecule has 1 fully saturated rings.